The molecule has 1 aliphatic carbocycles. The Morgan fingerprint density at radius 1 is 1.18 bits per heavy atom. The average molecular weight is 375 g/mol. The fourth-order valence-corrected chi connectivity index (χ4v) is 3.49. The Labute approximate surface area is 159 Å². The number of nitrogens with zero attached hydrogens (tertiary/aromatic N) is 5. The number of carbonyl (C=O) groups excluding carboxylic acids is 1. The number of ketones is 1. The van der Waals surface area contributed by atoms with Gasteiger partial charge in [-0.2, -0.15) is 10.2 Å². The molecular weight excluding hydrogens is 358 g/mol. The number of hydrogen-bond acceptors (Lipinski definition) is 5. The molecule has 0 aliphatic heterocycles. The quantitative estimate of drug-likeness (QED) is 0.538. The topological polar surface area (TPSA) is 102 Å². The van der Waals surface area contributed by atoms with Crippen molar-refractivity contribution in [1.82, 2.24) is 24.4 Å². The largest absolute Gasteiger partial charge is 0.480 e. The third-order valence-corrected chi connectivity index (χ3v) is 5.03. The van der Waals surface area contributed by atoms with E-state index in [0.717, 1.165) is 22.5 Å². The van der Waals surface area contributed by atoms with E-state index in [0.29, 0.717) is 16.8 Å². The summed E-state index contributed by atoms with van der Waals surface area (Å²) < 4.78 is 3.13. The van der Waals surface area contributed by atoms with Gasteiger partial charge in [0.2, 0.25) is 0 Å². The van der Waals surface area contributed by atoms with Crippen LogP contribution >= 0.6 is 0 Å². The summed E-state index contributed by atoms with van der Waals surface area (Å²) in [5.41, 5.74) is 4.49. The van der Waals surface area contributed by atoms with Gasteiger partial charge in [0.1, 0.15) is 12.2 Å². The van der Waals surface area contributed by atoms with Crippen LogP contribution in [0.15, 0.2) is 36.7 Å². The maximum Gasteiger partial charge on any atom is 0.325 e. The molecule has 0 saturated heterocycles. The Kier molecular flexibility index (Phi) is 3.55. The van der Waals surface area contributed by atoms with E-state index in [-0.39, 0.29) is 18.0 Å². The second-order valence-corrected chi connectivity index (χ2v) is 7.18. The first-order valence-corrected chi connectivity index (χ1v) is 9.08. The summed E-state index contributed by atoms with van der Waals surface area (Å²) in [6, 6.07) is 7.54. The molecule has 1 aromatic carbocycles. The van der Waals surface area contributed by atoms with E-state index in [9.17, 15) is 9.59 Å². The fraction of sp³-hybridized carbons (Fsp3) is 0.250. The van der Waals surface area contributed by atoms with Gasteiger partial charge in [-0.25, -0.2) is 9.50 Å². The van der Waals surface area contributed by atoms with Crippen LogP contribution < -0.4 is 0 Å². The van der Waals surface area contributed by atoms with E-state index >= 15 is 0 Å². The molecule has 28 heavy (non-hydrogen) atoms. The van der Waals surface area contributed by atoms with Crippen LogP contribution in [0.25, 0.3) is 27.7 Å². The minimum Gasteiger partial charge on any atom is -0.480 e. The lowest BCUT2D eigenvalue weighted by Gasteiger charge is -2.04. The van der Waals surface area contributed by atoms with Gasteiger partial charge in [0.05, 0.1) is 11.2 Å². The van der Waals surface area contributed by atoms with E-state index in [1.807, 2.05) is 24.4 Å². The van der Waals surface area contributed by atoms with Crippen molar-refractivity contribution in [2.24, 2.45) is 0 Å². The summed E-state index contributed by atoms with van der Waals surface area (Å²) in [5, 5.41) is 18.5. The molecule has 0 radical (unpaired) electrons. The van der Waals surface area contributed by atoms with Crippen LogP contribution in [0.5, 0.6) is 0 Å². The molecule has 0 spiro atoms. The lowest BCUT2D eigenvalue weighted by atomic mass is 10.0. The predicted octanol–water partition coefficient (Wildman–Crippen LogP) is 2.91. The standard InChI is InChI=1S/C20H17N5O3/c1-11(26)20-15-6-13(4-5-17(15)24(23-20)10-19(27)28)14-8-21-18-7-16(12-2-3-12)22-25(18)9-14/h4-9,12H,2-3,10H2,1H3,(H,27,28). The van der Waals surface area contributed by atoms with E-state index in [4.69, 9.17) is 5.11 Å². The number of aliphatic carboxylic acids is 1. The third kappa shape index (κ3) is 2.74. The van der Waals surface area contributed by atoms with Crippen molar-refractivity contribution < 1.29 is 14.7 Å². The van der Waals surface area contributed by atoms with Gasteiger partial charge in [0, 0.05) is 42.3 Å². The van der Waals surface area contributed by atoms with Gasteiger partial charge in [-0.05, 0) is 30.5 Å². The van der Waals surface area contributed by atoms with Crippen molar-refractivity contribution in [3.63, 3.8) is 0 Å². The van der Waals surface area contributed by atoms with Crippen LogP contribution in [0.3, 0.4) is 0 Å². The number of fused-ring (bicyclic) bond motifs is 2. The first-order chi connectivity index (χ1) is 13.5. The molecule has 8 heteroatoms. The molecule has 1 N–H and O–H groups in total. The van der Waals surface area contributed by atoms with Crippen molar-refractivity contribution in [2.75, 3.05) is 0 Å². The van der Waals surface area contributed by atoms with Gasteiger partial charge in [0.25, 0.3) is 0 Å². The van der Waals surface area contributed by atoms with Gasteiger partial charge in [-0.3, -0.25) is 14.3 Å². The lowest BCUT2D eigenvalue weighted by molar-refractivity contribution is -0.137. The number of aromatic nitrogens is 5. The summed E-state index contributed by atoms with van der Waals surface area (Å²) in [5.74, 6) is -0.663. The Morgan fingerprint density at radius 3 is 2.71 bits per heavy atom. The predicted molar refractivity (Wildman–Crippen MR) is 101 cm³/mol. The van der Waals surface area contributed by atoms with Crippen LogP contribution in [0, 0.1) is 0 Å². The van der Waals surface area contributed by atoms with Crippen molar-refractivity contribution in [3.05, 3.63) is 48.0 Å². The van der Waals surface area contributed by atoms with Crippen LogP contribution in [0.1, 0.15) is 41.9 Å². The van der Waals surface area contributed by atoms with Gasteiger partial charge < -0.3 is 5.11 Å². The minimum atomic E-state index is -1.01. The van der Waals surface area contributed by atoms with Crippen molar-refractivity contribution in [1.29, 1.82) is 0 Å². The molecule has 8 nitrogen and oxygen atoms in total. The Morgan fingerprint density at radius 2 is 2.00 bits per heavy atom. The van der Waals surface area contributed by atoms with Crippen LogP contribution in [0.4, 0.5) is 0 Å². The highest BCUT2D eigenvalue weighted by Gasteiger charge is 2.26. The Bertz CT molecular complexity index is 1270. The molecule has 140 valence electrons. The molecule has 4 aromatic rings. The van der Waals surface area contributed by atoms with Gasteiger partial charge >= 0.3 is 5.97 Å². The molecule has 1 fully saturated rings. The zero-order valence-electron chi connectivity index (χ0n) is 15.2. The maximum absolute atomic E-state index is 12.0. The van der Waals surface area contributed by atoms with Crippen molar-refractivity contribution >= 4 is 28.3 Å². The number of rotatable bonds is 5. The van der Waals surface area contributed by atoms with Crippen LogP contribution in [-0.2, 0) is 11.3 Å². The maximum atomic E-state index is 12.0. The van der Waals surface area contributed by atoms with Gasteiger partial charge in [-0.1, -0.05) is 6.07 Å². The monoisotopic (exact) mass is 375 g/mol. The smallest absolute Gasteiger partial charge is 0.325 e. The molecule has 5 rings (SSSR count). The summed E-state index contributed by atoms with van der Waals surface area (Å²) in [7, 11) is 0. The first-order valence-electron chi connectivity index (χ1n) is 9.08. The number of carbonyl (C=O) groups is 2. The lowest BCUT2D eigenvalue weighted by Crippen LogP contribution is -2.10. The van der Waals surface area contributed by atoms with Gasteiger partial charge in [-0.15, -0.1) is 0 Å². The number of benzene rings is 1. The highest BCUT2D eigenvalue weighted by atomic mass is 16.4. The number of Topliss-reactive ketones (excluding diaryl/α,β-unsaturated/α-hetero) is 1. The van der Waals surface area contributed by atoms with Crippen molar-refractivity contribution in [3.8, 4) is 11.1 Å². The molecule has 3 heterocycles. The molecule has 0 atom stereocenters. The third-order valence-electron chi connectivity index (χ3n) is 5.03. The molecule has 1 aliphatic rings. The van der Waals surface area contributed by atoms with Crippen LogP contribution in [-0.4, -0.2) is 41.2 Å². The highest BCUT2D eigenvalue weighted by Crippen LogP contribution is 2.39. The second kappa shape index (κ2) is 5.98. The first kappa shape index (κ1) is 16.6. The molecular formula is C20H17N5O3. The molecule has 1 saturated carbocycles. The second-order valence-electron chi connectivity index (χ2n) is 7.18. The number of carboxylic acids is 1. The van der Waals surface area contributed by atoms with E-state index in [1.165, 1.54) is 24.4 Å². The molecule has 0 bridgehead atoms. The Balaban J connectivity index is 1.62. The Hall–Kier alpha value is -3.55. The van der Waals surface area contributed by atoms with Crippen LogP contribution in [0.2, 0.25) is 0 Å². The van der Waals surface area contributed by atoms with E-state index in [1.54, 1.807) is 16.8 Å². The zero-order valence-corrected chi connectivity index (χ0v) is 15.2. The molecule has 0 amide bonds. The van der Waals surface area contributed by atoms with Crippen molar-refractivity contribution in [2.45, 2.75) is 32.2 Å². The average Bonchev–Trinajstić information content (AvgIpc) is 3.33. The van der Waals surface area contributed by atoms with E-state index < -0.39 is 5.97 Å². The van der Waals surface area contributed by atoms with Gasteiger partial charge in [0.15, 0.2) is 11.4 Å². The molecule has 3 aromatic heterocycles. The summed E-state index contributed by atoms with van der Waals surface area (Å²) in [4.78, 5) is 27.6. The number of hydrogen-bond donors (Lipinski definition) is 1. The highest BCUT2D eigenvalue weighted by molar-refractivity contribution is 6.06. The minimum absolute atomic E-state index is 0.207. The van der Waals surface area contributed by atoms with E-state index in [2.05, 4.69) is 15.2 Å². The zero-order chi connectivity index (χ0) is 19.4. The summed E-state index contributed by atoms with van der Waals surface area (Å²) >= 11 is 0. The fourth-order valence-electron chi connectivity index (χ4n) is 3.49. The number of carboxylic acid groups (broad SMARTS) is 1. The normalized spacial score (nSPS) is 14.0. The summed E-state index contributed by atoms with van der Waals surface area (Å²) in [6.45, 7) is 1.13. The SMILES string of the molecule is CC(=O)c1nn(CC(=O)O)c2ccc(-c3cnc4cc(C5CC5)nn4c3)cc12. The summed E-state index contributed by atoms with van der Waals surface area (Å²) in [6.07, 6.45) is 6.07. The molecule has 0 unspecified atom stereocenters.